The molecule has 11 aromatic carbocycles. The van der Waals surface area contributed by atoms with E-state index in [-0.39, 0.29) is 5.41 Å². The van der Waals surface area contributed by atoms with Crippen LogP contribution >= 0.6 is 0 Å². The molecule has 0 aromatic heterocycles. The van der Waals surface area contributed by atoms with Gasteiger partial charge in [-0.05, 0) is 132 Å². The molecule has 0 saturated heterocycles. The van der Waals surface area contributed by atoms with Crippen LogP contribution in [0, 0.1) is 0 Å². The standard InChI is InChI=1S/C58H42/c1-58(2,3)43-33-31-40(32-34-43)55-46-19-9-13-23-50(46)57(51-24-14-10-20-47(51)55)42-30-28-38-26-25-37-27-29-41(35-52(37)53(38)36-42)56-48-21-11-7-17-44(48)54(39-15-5-4-6-16-39)45-18-8-12-22-49(45)56/h4-36H,1-3H3. The number of rotatable bonds is 4. The van der Waals surface area contributed by atoms with Crippen LogP contribution in [-0.2, 0) is 5.41 Å². The Hall–Kier alpha value is -7.02. The van der Waals surface area contributed by atoms with Gasteiger partial charge in [0, 0.05) is 0 Å². The van der Waals surface area contributed by atoms with E-state index >= 15 is 0 Å². The molecule has 0 spiro atoms. The Morgan fingerprint density at radius 3 is 0.862 bits per heavy atom. The lowest BCUT2D eigenvalue weighted by molar-refractivity contribution is 0.590. The van der Waals surface area contributed by atoms with Crippen molar-refractivity contribution in [2.45, 2.75) is 26.2 Å². The summed E-state index contributed by atoms with van der Waals surface area (Å²) in [7, 11) is 0. The summed E-state index contributed by atoms with van der Waals surface area (Å²) in [5, 5.41) is 15.2. The molecule has 0 amide bonds. The highest BCUT2D eigenvalue weighted by molar-refractivity contribution is 6.24. The van der Waals surface area contributed by atoms with Gasteiger partial charge in [0.1, 0.15) is 0 Å². The fraction of sp³-hybridized carbons (Fsp3) is 0.0690. The van der Waals surface area contributed by atoms with Gasteiger partial charge in [0.15, 0.2) is 0 Å². The zero-order chi connectivity index (χ0) is 39.0. The maximum Gasteiger partial charge on any atom is -0.00261 e. The fourth-order valence-electron chi connectivity index (χ4n) is 9.60. The van der Waals surface area contributed by atoms with Crippen LogP contribution < -0.4 is 0 Å². The van der Waals surface area contributed by atoms with E-state index in [1.165, 1.54) is 115 Å². The van der Waals surface area contributed by atoms with Crippen molar-refractivity contribution in [1.82, 2.24) is 0 Å². The van der Waals surface area contributed by atoms with E-state index in [4.69, 9.17) is 0 Å². The van der Waals surface area contributed by atoms with Crippen LogP contribution in [0.4, 0.5) is 0 Å². The second kappa shape index (κ2) is 13.3. The van der Waals surface area contributed by atoms with Gasteiger partial charge < -0.3 is 0 Å². The Kier molecular flexibility index (Phi) is 7.85. The molecule has 0 heterocycles. The molecule has 0 heteroatoms. The Morgan fingerprint density at radius 2 is 0.517 bits per heavy atom. The maximum absolute atomic E-state index is 2.45. The molecule has 0 bridgehead atoms. The molecule has 0 aliphatic carbocycles. The summed E-state index contributed by atoms with van der Waals surface area (Å²) >= 11 is 0. The van der Waals surface area contributed by atoms with E-state index in [0.29, 0.717) is 0 Å². The van der Waals surface area contributed by atoms with Crippen molar-refractivity contribution in [3.8, 4) is 44.5 Å². The first-order valence-corrected chi connectivity index (χ1v) is 20.4. The minimum atomic E-state index is 0.0993. The van der Waals surface area contributed by atoms with E-state index in [0.717, 1.165) is 0 Å². The van der Waals surface area contributed by atoms with Crippen molar-refractivity contribution in [3.63, 3.8) is 0 Å². The summed E-state index contributed by atoms with van der Waals surface area (Å²) < 4.78 is 0. The summed E-state index contributed by atoms with van der Waals surface area (Å²) in [6.07, 6.45) is 0. The summed E-state index contributed by atoms with van der Waals surface area (Å²) in [5.74, 6) is 0. The van der Waals surface area contributed by atoms with Crippen LogP contribution in [0.1, 0.15) is 26.3 Å². The molecular weight excluding hydrogens is 697 g/mol. The van der Waals surface area contributed by atoms with Gasteiger partial charge in [-0.15, -0.1) is 0 Å². The predicted molar refractivity (Wildman–Crippen MR) is 252 cm³/mol. The molecule has 0 radical (unpaired) electrons. The zero-order valence-corrected chi connectivity index (χ0v) is 33.1. The Balaban J connectivity index is 1.15. The van der Waals surface area contributed by atoms with Gasteiger partial charge in [0.05, 0.1) is 0 Å². The van der Waals surface area contributed by atoms with Gasteiger partial charge in [0.25, 0.3) is 0 Å². The van der Waals surface area contributed by atoms with E-state index < -0.39 is 0 Å². The number of benzene rings is 11. The number of fused-ring (bicyclic) bond motifs is 7. The maximum atomic E-state index is 2.45. The monoisotopic (exact) mass is 738 g/mol. The molecule has 0 fully saturated rings. The third-order valence-electron chi connectivity index (χ3n) is 12.4. The molecule has 0 aliphatic rings. The minimum Gasteiger partial charge on any atom is -0.0622 e. The number of hydrogen-bond acceptors (Lipinski definition) is 0. The molecule has 274 valence electrons. The molecule has 58 heavy (non-hydrogen) atoms. The summed E-state index contributed by atoms with van der Waals surface area (Å²) in [5.41, 5.74) is 11.6. The van der Waals surface area contributed by atoms with Crippen molar-refractivity contribution in [2.24, 2.45) is 0 Å². The van der Waals surface area contributed by atoms with Crippen LogP contribution in [0.15, 0.2) is 200 Å². The molecule has 0 atom stereocenters. The average Bonchev–Trinajstić information content (AvgIpc) is 3.27. The van der Waals surface area contributed by atoms with E-state index in [2.05, 4.69) is 221 Å². The highest BCUT2D eigenvalue weighted by Crippen LogP contribution is 2.47. The van der Waals surface area contributed by atoms with Gasteiger partial charge in [-0.1, -0.05) is 209 Å². The van der Waals surface area contributed by atoms with E-state index in [1.807, 2.05) is 0 Å². The molecule has 0 nitrogen and oxygen atoms in total. The van der Waals surface area contributed by atoms with E-state index in [1.54, 1.807) is 0 Å². The van der Waals surface area contributed by atoms with Crippen LogP contribution in [0.2, 0.25) is 0 Å². The summed E-state index contributed by atoms with van der Waals surface area (Å²) in [6.45, 7) is 6.84. The molecule has 0 aliphatic heterocycles. The lowest BCUT2D eigenvalue weighted by atomic mass is 9.83. The van der Waals surface area contributed by atoms with Crippen LogP contribution in [0.5, 0.6) is 0 Å². The Bertz CT molecular complexity index is 3280. The van der Waals surface area contributed by atoms with Crippen molar-refractivity contribution < 1.29 is 0 Å². The van der Waals surface area contributed by atoms with Crippen LogP contribution in [0.3, 0.4) is 0 Å². The Morgan fingerprint density at radius 1 is 0.241 bits per heavy atom. The van der Waals surface area contributed by atoms with Gasteiger partial charge in [-0.2, -0.15) is 0 Å². The lowest BCUT2D eigenvalue weighted by Gasteiger charge is -2.21. The lowest BCUT2D eigenvalue weighted by Crippen LogP contribution is -2.10. The zero-order valence-electron chi connectivity index (χ0n) is 33.1. The normalized spacial score (nSPS) is 12.1. The topological polar surface area (TPSA) is 0 Å². The van der Waals surface area contributed by atoms with Gasteiger partial charge in [0.2, 0.25) is 0 Å². The summed E-state index contributed by atoms with van der Waals surface area (Å²) in [6, 6.07) is 74.7. The quantitative estimate of drug-likeness (QED) is 0.125. The molecule has 0 N–H and O–H groups in total. The third-order valence-corrected chi connectivity index (χ3v) is 12.4. The second-order valence-electron chi connectivity index (χ2n) is 16.8. The second-order valence-corrected chi connectivity index (χ2v) is 16.8. The van der Waals surface area contributed by atoms with E-state index in [9.17, 15) is 0 Å². The van der Waals surface area contributed by atoms with Crippen LogP contribution in [0.25, 0.3) is 109 Å². The summed E-state index contributed by atoms with van der Waals surface area (Å²) in [4.78, 5) is 0. The minimum absolute atomic E-state index is 0.0993. The molecule has 0 unspecified atom stereocenters. The van der Waals surface area contributed by atoms with Gasteiger partial charge in [-0.25, -0.2) is 0 Å². The first-order chi connectivity index (χ1) is 28.4. The molecule has 0 saturated carbocycles. The molecule has 11 aromatic rings. The van der Waals surface area contributed by atoms with Crippen molar-refractivity contribution in [3.05, 3.63) is 206 Å². The first-order valence-electron chi connectivity index (χ1n) is 20.4. The smallest absolute Gasteiger partial charge is 0.00261 e. The van der Waals surface area contributed by atoms with Crippen molar-refractivity contribution in [1.29, 1.82) is 0 Å². The largest absolute Gasteiger partial charge is 0.0622 e. The predicted octanol–water partition coefficient (Wildman–Crippen LogP) is 16.6. The van der Waals surface area contributed by atoms with Crippen molar-refractivity contribution in [2.75, 3.05) is 0 Å². The first kappa shape index (κ1) is 34.2. The highest BCUT2D eigenvalue weighted by Gasteiger charge is 2.20. The van der Waals surface area contributed by atoms with Crippen molar-refractivity contribution >= 4 is 64.6 Å². The average molecular weight is 739 g/mol. The highest BCUT2D eigenvalue weighted by atomic mass is 14.2. The van der Waals surface area contributed by atoms with Gasteiger partial charge >= 0.3 is 0 Å². The van der Waals surface area contributed by atoms with Gasteiger partial charge in [-0.3, -0.25) is 0 Å². The Labute approximate surface area is 339 Å². The molecular formula is C58H42. The fourth-order valence-corrected chi connectivity index (χ4v) is 9.60. The molecule has 11 rings (SSSR count). The third kappa shape index (κ3) is 5.44. The SMILES string of the molecule is CC(C)(C)c1ccc(-c2c3ccccc3c(-c3ccc4ccc5ccc(-c6c7ccccc7c(-c7ccccc7)c7ccccc67)cc5c4c3)c3ccccc23)cc1. The number of hydrogen-bond donors (Lipinski definition) is 0. The van der Waals surface area contributed by atoms with Crippen LogP contribution in [-0.4, -0.2) is 0 Å².